The topological polar surface area (TPSA) is 60.7 Å². The van der Waals surface area contributed by atoms with Crippen LogP contribution in [0.3, 0.4) is 0 Å². The molecule has 0 aliphatic rings. The molecule has 66 valence electrons. The molecule has 0 fully saturated rings. The molecule has 3 nitrogen and oxygen atoms in total. The highest BCUT2D eigenvalue weighted by atomic mass is 16.3. The van der Waals surface area contributed by atoms with Gasteiger partial charge in [0.2, 0.25) is 0 Å². The average Bonchev–Trinajstić information content (AvgIpc) is 1.65. The first kappa shape index (κ1) is 16.5. The van der Waals surface area contributed by atoms with E-state index in [2.05, 4.69) is 0 Å². The van der Waals surface area contributed by atoms with Gasteiger partial charge in [-0.15, -0.1) is 0 Å². The standard InChI is InChI=1S/C3H8O.2C2H6O/c1-3(2)4;2*1-2-3/h3-4H,1-2H3;2*3H,2H2,1H3. The highest BCUT2D eigenvalue weighted by Gasteiger charge is 1.69. The van der Waals surface area contributed by atoms with Gasteiger partial charge in [-0.05, 0) is 27.7 Å². The Labute approximate surface area is 63.3 Å². The van der Waals surface area contributed by atoms with Crippen molar-refractivity contribution < 1.29 is 15.3 Å². The van der Waals surface area contributed by atoms with Gasteiger partial charge in [0.05, 0.1) is 0 Å². The molecule has 0 heterocycles. The number of hydrogen-bond donors (Lipinski definition) is 3. The van der Waals surface area contributed by atoms with Gasteiger partial charge in [-0.25, -0.2) is 0 Å². The van der Waals surface area contributed by atoms with E-state index in [1.807, 2.05) is 0 Å². The predicted octanol–water partition coefficient (Wildman–Crippen LogP) is 0.384. The van der Waals surface area contributed by atoms with Crippen LogP contribution in [0.1, 0.15) is 27.7 Å². The van der Waals surface area contributed by atoms with Gasteiger partial charge in [-0.3, -0.25) is 0 Å². The quantitative estimate of drug-likeness (QED) is 0.470. The summed E-state index contributed by atoms with van der Waals surface area (Å²) < 4.78 is 0. The van der Waals surface area contributed by atoms with E-state index in [9.17, 15) is 0 Å². The summed E-state index contributed by atoms with van der Waals surface area (Å²) in [6.07, 6.45) is -0.167. The Morgan fingerprint density at radius 3 is 1.00 bits per heavy atom. The molecule has 0 saturated carbocycles. The smallest absolute Gasteiger partial charge is 0.0483 e. The molecule has 0 bridgehead atoms. The van der Waals surface area contributed by atoms with Crippen LogP contribution >= 0.6 is 0 Å². The van der Waals surface area contributed by atoms with E-state index in [0.717, 1.165) is 0 Å². The van der Waals surface area contributed by atoms with Crippen LogP contribution in [0.15, 0.2) is 0 Å². The molecule has 0 aliphatic carbocycles. The predicted molar refractivity (Wildman–Crippen MR) is 42.9 cm³/mol. The molecular formula is C7H20O3. The van der Waals surface area contributed by atoms with Gasteiger partial charge in [0.1, 0.15) is 0 Å². The third-order valence-corrected chi connectivity index (χ3v) is 0. The van der Waals surface area contributed by atoms with Gasteiger partial charge < -0.3 is 15.3 Å². The molecule has 0 atom stereocenters. The molecule has 0 aromatic carbocycles. The largest absolute Gasteiger partial charge is 0.397 e. The minimum Gasteiger partial charge on any atom is -0.397 e. The van der Waals surface area contributed by atoms with E-state index in [-0.39, 0.29) is 19.3 Å². The maximum Gasteiger partial charge on any atom is 0.0483 e. The van der Waals surface area contributed by atoms with E-state index >= 15 is 0 Å². The maximum absolute atomic E-state index is 8.06. The molecule has 0 radical (unpaired) electrons. The zero-order valence-corrected chi connectivity index (χ0v) is 7.33. The Morgan fingerprint density at radius 2 is 1.00 bits per heavy atom. The van der Waals surface area contributed by atoms with E-state index < -0.39 is 0 Å². The lowest BCUT2D eigenvalue weighted by atomic mass is 10.5. The molecule has 0 unspecified atom stereocenters. The number of rotatable bonds is 0. The number of hydrogen-bond acceptors (Lipinski definition) is 3. The van der Waals surface area contributed by atoms with Crippen LogP contribution in [-0.4, -0.2) is 34.6 Å². The fourth-order valence-corrected chi connectivity index (χ4v) is 0. The zero-order chi connectivity index (χ0) is 8.99. The van der Waals surface area contributed by atoms with Crippen LogP contribution in [0.4, 0.5) is 0 Å². The van der Waals surface area contributed by atoms with Crippen molar-refractivity contribution in [1.82, 2.24) is 0 Å². The minimum absolute atomic E-state index is 0.167. The highest BCUT2D eigenvalue weighted by Crippen LogP contribution is 1.65. The second-order valence-electron chi connectivity index (χ2n) is 1.73. The lowest BCUT2D eigenvalue weighted by molar-refractivity contribution is 0.216. The Balaban J connectivity index is -0.0000000750. The van der Waals surface area contributed by atoms with Crippen molar-refractivity contribution in [2.24, 2.45) is 0 Å². The fourth-order valence-electron chi connectivity index (χ4n) is 0. The second kappa shape index (κ2) is 23.2. The van der Waals surface area contributed by atoms with Crippen molar-refractivity contribution in [1.29, 1.82) is 0 Å². The summed E-state index contributed by atoms with van der Waals surface area (Å²) in [6.45, 7) is 7.31. The van der Waals surface area contributed by atoms with Crippen LogP contribution < -0.4 is 0 Å². The SMILES string of the molecule is CC(C)O.CCO.CCO. The molecule has 0 rings (SSSR count). The Hall–Kier alpha value is -0.120. The Kier molecular flexibility index (Phi) is 38.1. The first-order chi connectivity index (χ1) is 4.56. The fraction of sp³-hybridized carbons (Fsp3) is 1.00. The average molecular weight is 152 g/mol. The van der Waals surface area contributed by atoms with Crippen molar-refractivity contribution >= 4 is 0 Å². The molecule has 0 spiro atoms. The maximum atomic E-state index is 8.06. The van der Waals surface area contributed by atoms with E-state index in [1.165, 1.54) is 0 Å². The molecule has 0 amide bonds. The molecule has 0 saturated heterocycles. The first-order valence-electron chi connectivity index (χ1n) is 3.46. The summed E-state index contributed by atoms with van der Waals surface area (Å²) in [7, 11) is 0. The van der Waals surface area contributed by atoms with E-state index in [4.69, 9.17) is 15.3 Å². The van der Waals surface area contributed by atoms with Crippen molar-refractivity contribution in [3.8, 4) is 0 Å². The second-order valence-corrected chi connectivity index (χ2v) is 1.73. The minimum atomic E-state index is -0.167. The summed E-state index contributed by atoms with van der Waals surface area (Å²) >= 11 is 0. The molecule has 0 aromatic heterocycles. The van der Waals surface area contributed by atoms with Gasteiger partial charge in [0.15, 0.2) is 0 Å². The molecule has 3 N–H and O–H groups in total. The zero-order valence-electron chi connectivity index (χ0n) is 7.33. The summed E-state index contributed by atoms with van der Waals surface area (Å²) in [5, 5.41) is 23.2. The van der Waals surface area contributed by atoms with Crippen LogP contribution in [0.5, 0.6) is 0 Å². The monoisotopic (exact) mass is 152 g/mol. The van der Waals surface area contributed by atoms with Gasteiger partial charge in [0, 0.05) is 19.3 Å². The van der Waals surface area contributed by atoms with Crippen LogP contribution in [0, 0.1) is 0 Å². The Bertz CT molecular complexity index is 25.3. The summed E-state index contributed by atoms with van der Waals surface area (Å²) in [6, 6.07) is 0. The third-order valence-electron chi connectivity index (χ3n) is 0. The van der Waals surface area contributed by atoms with E-state index in [0.29, 0.717) is 0 Å². The van der Waals surface area contributed by atoms with Gasteiger partial charge in [0.25, 0.3) is 0 Å². The molecular weight excluding hydrogens is 132 g/mol. The van der Waals surface area contributed by atoms with Gasteiger partial charge >= 0.3 is 0 Å². The molecule has 10 heavy (non-hydrogen) atoms. The number of aliphatic hydroxyl groups excluding tert-OH is 3. The summed E-state index contributed by atoms with van der Waals surface area (Å²) in [5.74, 6) is 0. The van der Waals surface area contributed by atoms with Crippen LogP contribution in [-0.2, 0) is 0 Å². The lowest BCUT2D eigenvalue weighted by Crippen LogP contribution is -1.85. The van der Waals surface area contributed by atoms with Gasteiger partial charge in [-0.2, -0.15) is 0 Å². The molecule has 0 aromatic rings. The summed E-state index contributed by atoms with van der Waals surface area (Å²) in [5.41, 5.74) is 0. The van der Waals surface area contributed by atoms with Gasteiger partial charge in [-0.1, -0.05) is 0 Å². The van der Waals surface area contributed by atoms with Crippen molar-refractivity contribution in [2.45, 2.75) is 33.8 Å². The van der Waals surface area contributed by atoms with Crippen LogP contribution in [0.25, 0.3) is 0 Å². The molecule has 3 heteroatoms. The first-order valence-corrected chi connectivity index (χ1v) is 3.46. The third kappa shape index (κ3) is 25900. The van der Waals surface area contributed by atoms with Crippen molar-refractivity contribution in [3.63, 3.8) is 0 Å². The normalized spacial score (nSPS) is 7.20. The highest BCUT2D eigenvalue weighted by molar-refractivity contribution is 4.20. The van der Waals surface area contributed by atoms with Crippen molar-refractivity contribution in [2.75, 3.05) is 13.2 Å². The van der Waals surface area contributed by atoms with E-state index in [1.54, 1.807) is 27.7 Å². The van der Waals surface area contributed by atoms with Crippen molar-refractivity contribution in [3.05, 3.63) is 0 Å². The Morgan fingerprint density at radius 1 is 1.00 bits per heavy atom. The molecule has 0 aliphatic heterocycles. The lowest BCUT2D eigenvalue weighted by Gasteiger charge is -1.80. The summed E-state index contributed by atoms with van der Waals surface area (Å²) in [4.78, 5) is 0. The number of aliphatic hydroxyl groups is 3. The van der Waals surface area contributed by atoms with Crippen LogP contribution in [0.2, 0.25) is 0 Å².